The van der Waals surface area contributed by atoms with E-state index in [1.165, 1.54) is 85.6 Å². The van der Waals surface area contributed by atoms with Crippen molar-refractivity contribution in [2.75, 3.05) is 4.90 Å². The molecule has 2 nitrogen and oxygen atoms in total. The number of nitrogens with zero attached hydrogens (tertiary/aromatic N) is 2. The van der Waals surface area contributed by atoms with Crippen molar-refractivity contribution in [3.05, 3.63) is 186 Å². The van der Waals surface area contributed by atoms with Crippen LogP contribution in [-0.2, 0) is 0 Å². The fourth-order valence-electron chi connectivity index (χ4n) is 8.97. The second-order valence-corrected chi connectivity index (χ2v) is 16.2. The number of benzene rings is 6. The molecule has 9 aromatic rings. The van der Waals surface area contributed by atoms with Crippen LogP contribution in [0.15, 0.2) is 158 Å². The van der Waals surface area contributed by atoms with Crippen LogP contribution in [-0.4, -0.2) is 10.6 Å². The molecule has 3 aromatic heterocycles. The summed E-state index contributed by atoms with van der Waals surface area (Å²) < 4.78 is 5.07. The standard InChI is InChI=1S/C49H34N2S2/c1-3-40-46(48-30(2)35-15-6-10-21-44(35)52-48)38-17-4-9-20-42(38)51(40)34-14-12-13-32(29-34)31-23-25-33(26-24-31)50-41-19-8-5-18-39(41)47-43(50)28-27-37-36-16-7-11-22-45(36)53-49(37)47/h3-29,43,47H,1H2,2H3. The number of aryl methyl sites for hydroxylation is 1. The molecule has 0 saturated heterocycles. The molecule has 2 atom stereocenters. The van der Waals surface area contributed by atoms with Gasteiger partial charge >= 0.3 is 0 Å². The third kappa shape index (κ3) is 4.49. The molecule has 1 aliphatic heterocycles. The van der Waals surface area contributed by atoms with E-state index < -0.39 is 0 Å². The summed E-state index contributed by atoms with van der Waals surface area (Å²) in [5.74, 6) is 0.316. The number of anilines is 2. The first-order valence-corrected chi connectivity index (χ1v) is 19.8. The second kappa shape index (κ2) is 11.8. The van der Waals surface area contributed by atoms with Crippen molar-refractivity contribution in [1.82, 2.24) is 4.57 Å². The molecule has 1 aliphatic carbocycles. The first-order valence-electron chi connectivity index (χ1n) is 18.2. The topological polar surface area (TPSA) is 8.17 Å². The van der Waals surface area contributed by atoms with Gasteiger partial charge in [0.1, 0.15) is 0 Å². The lowest BCUT2D eigenvalue weighted by Crippen LogP contribution is -2.30. The molecular formula is C49H34N2S2. The zero-order valence-corrected chi connectivity index (χ0v) is 30.8. The molecule has 0 radical (unpaired) electrons. The van der Waals surface area contributed by atoms with E-state index in [-0.39, 0.29) is 6.04 Å². The fraction of sp³-hybridized carbons (Fsp3) is 0.0612. The first kappa shape index (κ1) is 30.7. The number of para-hydroxylation sites is 2. The van der Waals surface area contributed by atoms with Crippen LogP contribution < -0.4 is 4.90 Å². The molecule has 0 spiro atoms. The highest BCUT2D eigenvalue weighted by molar-refractivity contribution is 7.22. The van der Waals surface area contributed by atoms with Gasteiger partial charge in [-0.3, -0.25) is 0 Å². The normalized spacial score (nSPS) is 16.0. The van der Waals surface area contributed by atoms with Crippen molar-refractivity contribution >= 4 is 77.3 Å². The number of hydrogen-bond acceptors (Lipinski definition) is 3. The van der Waals surface area contributed by atoms with Gasteiger partial charge in [-0.05, 0) is 100 Å². The summed E-state index contributed by atoms with van der Waals surface area (Å²) in [6.45, 7) is 6.61. The first-order chi connectivity index (χ1) is 26.2. The molecule has 0 saturated carbocycles. The summed E-state index contributed by atoms with van der Waals surface area (Å²) in [4.78, 5) is 5.33. The van der Waals surface area contributed by atoms with Crippen LogP contribution in [0.5, 0.6) is 0 Å². The average Bonchev–Trinajstić information content (AvgIpc) is 3.95. The van der Waals surface area contributed by atoms with E-state index in [2.05, 4.69) is 181 Å². The zero-order chi connectivity index (χ0) is 35.2. The van der Waals surface area contributed by atoms with E-state index >= 15 is 0 Å². The number of aromatic nitrogens is 1. The number of fused-ring (bicyclic) bond motifs is 9. The van der Waals surface area contributed by atoms with E-state index in [0.29, 0.717) is 5.92 Å². The maximum Gasteiger partial charge on any atom is 0.0643 e. The van der Waals surface area contributed by atoms with Gasteiger partial charge in [-0.25, -0.2) is 0 Å². The Morgan fingerprint density at radius 1 is 0.642 bits per heavy atom. The summed E-state index contributed by atoms with van der Waals surface area (Å²) in [5.41, 5.74) is 13.7. The Hall–Kier alpha value is -5.94. The van der Waals surface area contributed by atoms with Crippen LogP contribution in [0.25, 0.3) is 70.5 Å². The highest BCUT2D eigenvalue weighted by Crippen LogP contribution is 2.54. The predicted molar refractivity (Wildman–Crippen MR) is 229 cm³/mol. The summed E-state index contributed by atoms with van der Waals surface area (Å²) in [5, 5.41) is 3.93. The van der Waals surface area contributed by atoms with E-state index in [4.69, 9.17) is 0 Å². The van der Waals surface area contributed by atoms with E-state index in [9.17, 15) is 0 Å². The molecule has 2 unspecified atom stereocenters. The third-order valence-electron chi connectivity index (χ3n) is 11.3. The van der Waals surface area contributed by atoms with E-state index in [1.807, 2.05) is 28.7 Å². The maximum absolute atomic E-state index is 4.35. The molecule has 0 amide bonds. The molecule has 0 bridgehead atoms. The highest BCUT2D eigenvalue weighted by Gasteiger charge is 2.42. The average molecular weight is 715 g/mol. The molecular weight excluding hydrogens is 681 g/mol. The van der Waals surface area contributed by atoms with Crippen molar-refractivity contribution in [1.29, 1.82) is 0 Å². The Morgan fingerprint density at radius 2 is 1.36 bits per heavy atom. The monoisotopic (exact) mass is 714 g/mol. The molecule has 2 aliphatic rings. The van der Waals surface area contributed by atoms with Crippen LogP contribution in [0.1, 0.15) is 33.2 Å². The zero-order valence-electron chi connectivity index (χ0n) is 29.2. The van der Waals surface area contributed by atoms with Gasteiger partial charge in [-0.1, -0.05) is 116 Å². The van der Waals surface area contributed by atoms with Gasteiger partial charge in [0.25, 0.3) is 0 Å². The van der Waals surface area contributed by atoms with Gasteiger partial charge < -0.3 is 9.47 Å². The lowest BCUT2D eigenvalue weighted by molar-refractivity contribution is 0.737. The smallest absolute Gasteiger partial charge is 0.0643 e. The Morgan fingerprint density at radius 3 is 2.17 bits per heavy atom. The highest BCUT2D eigenvalue weighted by atomic mass is 32.1. The van der Waals surface area contributed by atoms with Crippen molar-refractivity contribution in [2.24, 2.45) is 0 Å². The van der Waals surface area contributed by atoms with Crippen molar-refractivity contribution in [2.45, 2.75) is 18.9 Å². The van der Waals surface area contributed by atoms with Crippen LogP contribution in [0.3, 0.4) is 0 Å². The summed E-state index contributed by atoms with van der Waals surface area (Å²) in [6.07, 6.45) is 6.82. The fourth-order valence-corrected chi connectivity index (χ4v) is 11.6. The largest absolute Gasteiger partial charge is 0.333 e. The van der Waals surface area contributed by atoms with Gasteiger partial charge in [0.05, 0.1) is 17.3 Å². The van der Waals surface area contributed by atoms with Crippen LogP contribution in [0.4, 0.5) is 11.4 Å². The second-order valence-electron chi connectivity index (χ2n) is 14.1. The predicted octanol–water partition coefficient (Wildman–Crippen LogP) is 14.0. The lowest BCUT2D eigenvalue weighted by atomic mass is 9.86. The molecule has 53 heavy (non-hydrogen) atoms. The molecule has 6 aromatic carbocycles. The van der Waals surface area contributed by atoms with E-state index in [1.54, 1.807) is 0 Å². The van der Waals surface area contributed by atoms with Gasteiger partial charge in [0, 0.05) is 53.1 Å². The van der Waals surface area contributed by atoms with Gasteiger partial charge in [-0.15, -0.1) is 22.7 Å². The molecule has 252 valence electrons. The SMILES string of the molecule is C=Cc1c(-c2sc3ccccc3c2C)c2ccccc2n1-c1cccc(-c2ccc(N3c4ccccc4C4c5sc6ccccc6c5C=CC43)cc2)c1. The van der Waals surface area contributed by atoms with Crippen molar-refractivity contribution in [3.8, 4) is 27.3 Å². The molecule has 0 N–H and O–H groups in total. The lowest BCUT2D eigenvalue weighted by Gasteiger charge is -2.30. The van der Waals surface area contributed by atoms with Crippen LogP contribution in [0, 0.1) is 6.92 Å². The minimum Gasteiger partial charge on any atom is -0.333 e. The Balaban J connectivity index is 0.985. The summed E-state index contributed by atoms with van der Waals surface area (Å²) >= 11 is 3.83. The van der Waals surface area contributed by atoms with Crippen molar-refractivity contribution < 1.29 is 0 Å². The number of rotatable bonds is 5. The Bertz CT molecular complexity index is 2950. The Kier molecular flexibility index (Phi) is 6.82. The van der Waals surface area contributed by atoms with Gasteiger partial charge in [0.15, 0.2) is 0 Å². The number of thiophene rings is 2. The van der Waals surface area contributed by atoms with Crippen LogP contribution >= 0.6 is 22.7 Å². The quantitative estimate of drug-likeness (QED) is 0.172. The molecule has 4 heterocycles. The summed E-state index contributed by atoms with van der Waals surface area (Å²) in [7, 11) is 0. The van der Waals surface area contributed by atoms with Crippen molar-refractivity contribution in [3.63, 3.8) is 0 Å². The minimum absolute atomic E-state index is 0.236. The van der Waals surface area contributed by atoms with E-state index in [0.717, 1.165) is 11.4 Å². The third-order valence-corrected chi connectivity index (χ3v) is 13.9. The van der Waals surface area contributed by atoms with Gasteiger partial charge in [0.2, 0.25) is 0 Å². The van der Waals surface area contributed by atoms with Crippen LogP contribution in [0.2, 0.25) is 0 Å². The number of hydrogen-bond donors (Lipinski definition) is 0. The van der Waals surface area contributed by atoms with Gasteiger partial charge in [-0.2, -0.15) is 0 Å². The Labute approximate surface area is 316 Å². The molecule has 11 rings (SSSR count). The molecule has 0 fully saturated rings. The minimum atomic E-state index is 0.236. The maximum atomic E-state index is 4.35. The molecule has 4 heteroatoms. The summed E-state index contributed by atoms with van der Waals surface area (Å²) in [6, 6.07) is 53.7.